The summed E-state index contributed by atoms with van der Waals surface area (Å²) in [5.41, 5.74) is 4.57. The highest BCUT2D eigenvalue weighted by Gasteiger charge is 2.25. The lowest BCUT2D eigenvalue weighted by atomic mass is 9.78. The standard InChI is InChI=1S/C20H25N/c1-2-21-20(14-16-8-4-3-5-9-16)19-13-12-17-10-6-7-11-18(17)15-19/h3-11,19-21H,2,12-15H2,1H3. The second-order valence-corrected chi connectivity index (χ2v) is 6.13. The fourth-order valence-electron chi connectivity index (χ4n) is 3.61. The van der Waals surface area contributed by atoms with E-state index in [2.05, 4.69) is 66.8 Å². The average Bonchev–Trinajstić information content (AvgIpc) is 2.55. The first kappa shape index (κ1) is 14.3. The summed E-state index contributed by atoms with van der Waals surface area (Å²) in [6.45, 7) is 3.27. The highest BCUT2D eigenvalue weighted by molar-refractivity contribution is 5.30. The Balaban J connectivity index is 1.73. The van der Waals surface area contributed by atoms with Crippen molar-refractivity contribution in [3.05, 3.63) is 71.3 Å². The molecule has 3 rings (SSSR count). The minimum atomic E-state index is 0.589. The van der Waals surface area contributed by atoms with Crippen molar-refractivity contribution in [2.45, 2.75) is 38.6 Å². The van der Waals surface area contributed by atoms with Gasteiger partial charge in [0.2, 0.25) is 0 Å². The molecule has 0 aliphatic heterocycles. The number of benzene rings is 2. The van der Waals surface area contributed by atoms with Crippen LogP contribution in [-0.4, -0.2) is 12.6 Å². The molecule has 1 nitrogen and oxygen atoms in total. The maximum atomic E-state index is 3.73. The van der Waals surface area contributed by atoms with Crippen molar-refractivity contribution in [1.29, 1.82) is 0 Å². The minimum absolute atomic E-state index is 0.589. The van der Waals surface area contributed by atoms with Crippen LogP contribution in [0.25, 0.3) is 0 Å². The number of nitrogens with one attached hydrogen (secondary N) is 1. The summed E-state index contributed by atoms with van der Waals surface area (Å²) in [7, 11) is 0. The van der Waals surface area contributed by atoms with Crippen LogP contribution in [0.5, 0.6) is 0 Å². The first-order valence-corrected chi connectivity index (χ1v) is 8.21. The Hall–Kier alpha value is -1.60. The van der Waals surface area contributed by atoms with Gasteiger partial charge in [0.15, 0.2) is 0 Å². The fourth-order valence-corrected chi connectivity index (χ4v) is 3.61. The SMILES string of the molecule is CCNC(Cc1ccccc1)C1CCc2ccccc2C1. The molecule has 0 bridgehead atoms. The Morgan fingerprint density at radius 1 is 1.00 bits per heavy atom. The van der Waals surface area contributed by atoms with Gasteiger partial charge in [-0.05, 0) is 54.8 Å². The quantitative estimate of drug-likeness (QED) is 0.872. The van der Waals surface area contributed by atoms with E-state index in [0.29, 0.717) is 6.04 Å². The van der Waals surface area contributed by atoms with Gasteiger partial charge in [0.1, 0.15) is 0 Å². The second kappa shape index (κ2) is 6.91. The molecule has 2 unspecified atom stereocenters. The van der Waals surface area contributed by atoms with Crippen molar-refractivity contribution < 1.29 is 0 Å². The lowest BCUT2D eigenvalue weighted by Gasteiger charge is -2.32. The third-order valence-electron chi connectivity index (χ3n) is 4.72. The highest BCUT2D eigenvalue weighted by atomic mass is 14.9. The van der Waals surface area contributed by atoms with Crippen molar-refractivity contribution in [1.82, 2.24) is 5.32 Å². The van der Waals surface area contributed by atoms with Crippen LogP contribution in [0.3, 0.4) is 0 Å². The topological polar surface area (TPSA) is 12.0 Å². The average molecular weight is 279 g/mol. The largest absolute Gasteiger partial charge is 0.314 e. The zero-order chi connectivity index (χ0) is 14.5. The molecule has 21 heavy (non-hydrogen) atoms. The van der Waals surface area contributed by atoms with E-state index in [1.807, 2.05) is 0 Å². The summed E-state index contributed by atoms with van der Waals surface area (Å²) in [5.74, 6) is 0.750. The molecule has 1 N–H and O–H groups in total. The van der Waals surface area contributed by atoms with Gasteiger partial charge in [-0.1, -0.05) is 61.5 Å². The third-order valence-corrected chi connectivity index (χ3v) is 4.72. The van der Waals surface area contributed by atoms with Crippen molar-refractivity contribution in [2.75, 3.05) is 6.54 Å². The molecule has 0 saturated heterocycles. The summed E-state index contributed by atoms with van der Waals surface area (Å²) >= 11 is 0. The van der Waals surface area contributed by atoms with Gasteiger partial charge in [0, 0.05) is 6.04 Å². The number of rotatable bonds is 5. The summed E-state index contributed by atoms with van der Waals surface area (Å²) in [5, 5.41) is 3.73. The van der Waals surface area contributed by atoms with Crippen LogP contribution < -0.4 is 5.32 Å². The van der Waals surface area contributed by atoms with Gasteiger partial charge >= 0.3 is 0 Å². The predicted molar refractivity (Wildman–Crippen MR) is 89.6 cm³/mol. The van der Waals surface area contributed by atoms with Crippen LogP contribution in [0, 0.1) is 5.92 Å². The van der Waals surface area contributed by atoms with Crippen molar-refractivity contribution in [3.63, 3.8) is 0 Å². The molecular formula is C20H25N. The van der Waals surface area contributed by atoms with Crippen LogP contribution in [0.15, 0.2) is 54.6 Å². The Morgan fingerprint density at radius 3 is 2.48 bits per heavy atom. The fraction of sp³-hybridized carbons (Fsp3) is 0.400. The van der Waals surface area contributed by atoms with E-state index in [1.54, 1.807) is 11.1 Å². The smallest absolute Gasteiger partial charge is 0.0139 e. The van der Waals surface area contributed by atoms with Crippen molar-refractivity contribution in [3.8, 4) is 0 Å². The molecule has 1 aliphatic carbocycles. The minimum Gasteiger partial charge on any atom is -0.314 e. The zero-order valence-electron chi connectivity index (χ0n) is 12.9. The van der Waals surface area contributed by atoms with E-state index in [9.17, 15) is 0 Å². The van der Waals surface area contributed by atoms with Gasteiger partial charge in [-0.3, -0.25) is 0 Å². The van der Waals surface area contributed by atoms with Gasteiger partial charge in [-0.25, -0.2) is 0 Å². The van der Waals surface area contributed by atoms with Gasteiger partial charge in [0.25, 0.3) is 0 Å². The predicted octanol–water partition coefficient (Wildman–Crippen LogP) is 4.01. The number of likely N-dealkylation sites (N-methyl/N-ethyl adjacent to an activating group) is 1. The van der Waals surface area contributed by atoms with Gasteiger partial charge in [0.05, 0.1) is 0 Å². The second-order valence-electron chi connectivity index (χ2n) is 6.13. The van der Waals surface area contributed by atoms with Gasteiger partial charge in [-0.2, -0.15) is 0 Å². The lowest BCUT2D eigenvalue weighted by molar-refractivity contribution is 0.322. The molecule has 1 heteroatoms. The molecule has 110 valence electrons. The van der Waals surface area contributed by atoms with Crippen LogP contribution in [0.4, 0.5) is 0 Å². The number of aryl methyl sites for hydroxylation is 1. The maximum absolute atomic E-state index is 3.73. The van der Waals surface area contributed by atoms with E-state index in [0.717, 1.165) is 18.9 Å². The molecule has 0 heterocycles. The summed E-state index contributed by atoms with van der Waals surface area (Å²) in [6.07, 6.45) is 4.90. The van der Waals surface area contributed by atoms with Crippen molar-refractivity contribution in [2.24, 2.45) is 5.92 Å². The van der Waals surface area contributed by atoms with E-state index in [1.165, 1.54) is 24.8 Å². The summed E-state index contributed by atoms with van der Waals surface area (Å²) in [4.78, 5) is 0. The number of hydrogen-bond acceptors (Lipinski definition) is 1. The van der Waals surface area contributed by atoms with Crippen molar-refractivity contribution >= 4 is 0 Å². The Kier molecular flexibility index (Phi) is 4.72. The number of fused-ring (bicyclic) bond motifs is 1. The van der Waals surface area contributed by atoms with Gasteiger partial charge in [-0.15, -0.1) is 0 Å². The van der Waals surface area contributed by atoms with Crippen LogP contribution in [-0.2, 0) is 19.3 Å². The van der Waals surface area contributed by atoms with Crippen LogP contribution >= 0.6 is 0 Å². The molecule has 0 radical (unpaired) electrons. The Labute approximate surface area is 128 Å². The first-order valence-electron chi connectivity index (χ1n) is 8.21. The summed E-state index contributed by atoms with van der Waals surface area (Å²) < 4.78 is 0. The van der Waals surface area contributed by atoms with E-state index in [-0.39, 0.29) is 0 Å². The molecule has 0 amide bonds. The molecule has 0 fully saturated rings. The summed E-state index contributed by atoms with van der Waals surface area (Å²) in [6, 6.07) is 20.4. The first-order chi connectivity index (χ1) is 10.4. The zero-order valence-corrected chi connectivity index (χ0v) is 12.9. The van der Waals surface area contributed by atoms with Gasteiger partial charge < -0.3 is 5.32 Å². The van der Waals surface area contributed by atoms with Crippen LogP contribution in [0.1, 0.15) is 30.0 Å². The molecular weight excluding hydrogens is 254 g/mol. The number of hydrogen-bond donors (Lipinski definition) is 1. The van der Waals surface area contributed by atoms with Crippen LogP contribution in [0.2, 0.25) is 0 Å². The molecule has 2 atom stereocenters. The molecule has 2 aromatic carbocycles. The Morgan fingerprint density at radius 2 is 1.71 bits per heavy atom. The Bertz CT molecular complexity index is 561. The maximum Gasteiger partial charge on any atom is 0.0139 e. The van der Waals surface area contributed by atoms with E-state index < -0.39 is 0 Å². The van der Waals surface area contributed by atoms with E-state index in [4.69, 9.17) is 0 Å². The molecule has 2 aromatic rings. The monoisotopic (exact) mass is 279 g/mol. The normalized spacial score (nSPS) is 19.0. The lowest BCUT2D eigenvalue weighted by Crippen LogP contribution is -2.40. The third kappa shape index (κ3) is 3.54. The van der Waals surface area contributed by atoms with E-state index >= 15 is 0 Å². The highest BCUT2D eigenvalue weighted by Crippen LogP contribution is 2.28. The molecule has 0 spiro atoms. The molecule has 0 aromatic heterocycles. The molecule has 1 aliphatic rings. The molecule has 0 saturated carbocycles.